The second kappa shape index (κ2) is 14.3. The molecular formula is C31H34N2O6S. The third-order valence-electron chi connectivity index (χ3n) is 6.50. The number of hydrogen-bond acceptors (Lipinski definition) is 7. The first-order valence-electron chi connectivity index (χ1n) is 13.2. The van der Waals surface area contributed by atoms with Crippen LogP contribution in [0.25, 0.3) is 0 Å². The van der Waals surface area contributed by atoms with E-state index in [1.165, 1.54) is 15.4 Å². The van der Waals surface area contributed by atoms with Crippen molar-refractivity contribution in [2.24, 2.45) is 0 Å². The minimum absolute atomic E-state index is 0.0783. The number of aliphatic carboxylic acids is 1. The highest BCUT2D eigenvalue weighted by molar-refractivity contribution is 8.06. The zero-order valence-electron chi connectivity index (χ0n) is 22.7. The number of thioether (sulfide) groups is 1. The molecule has 2 aromatic carbocycles. The lowest BCUT2D eigenvalue weighted by Gasteiger charge is -2.27. The molecule has 9 heteroatoms. The van der Waals surface area contributed by atoms with Crippen LogP contribution in [0.15, 0.2) is 95.0 Å². The molecule has 0 bridgehead atoms. The maximum Gasteiger partial charge on any atom is 0.416 e. The first-order valence-corrected chi connectivity index (χ1v) is 14.1. The lowest BCUT2D eigenvalue weighted by Crippen LogP contribution is -2.45. The molecule has 40 heavy (non-hydrogen) atoms. The van der Waals surface area contributed by atoms with E-state index in [-0.39, 0.29) is 13.0 Å². The van der Waals surface area contributed by atoms with Crippen LogP contribution in [0.4, 0.5) is 4.79 Å². The van der Waals surface area contributed by atoms with Crippen LogP contribution in [-0.4, -0.2) is 53.3 Å². The van der Waals surface area contributed by atoms with E-state index in [0.717, 1.165) is 18.4 Å². The van der Waals surface area contributed by atoms with E-state index in [9.17, 15) is 14.7 Å². The van der Waals surface area contributed by atoms with Crippen LogP contribution in [0.1, 0.15) is 31.7 Å². The summed E-state index contributed by atoms with van der Waals surface area (Å²) >= 11 is 1.74. The fraction of sp³-hybridized carbons (Fsp3) is 0.290. The number of nitrogens with zero attached hydrogens (tertiary/aromatic N) is 2. The molecule has 2 aliphatic rings. The summed E-state index contributed by atoms with van der Waals surface area (Å²) in [5, 5.41) is 11.8. The number of carbonyl (C=O) groups is 2. The number of ether oxygens (including phenoxy) is 3. The Morgan fingerprint density at radius 2 is 1.80 bits per heavy atom. The molecule has 8 nitrogen and oxygen atoms in total. The van der Waals surface area contributed by atoms with Crippen molar-refractivity contribution in [2.45, 2.75) is 38.8 Å². The van der Waals surface area contributed by atoms with Gasteiger partial charge < -0.3 is 24.2 Å². The van der Waals surface area contributed by atoms with Crippen molar-refractivity contribution < 1.29 is 28.9 Å². The molecule has 4 rings (SSSR count). The maximum atomic E-state index is 13.0. The van der Waals surface area contributed by atoms with Gasteiger partial charge in [-0.05, 0) is 72.2 Å². The van der Waals surface area contributed by atoms with Crippen LogP contribution >= 0.6 is 11.8 Å². The summed E-state index contributed by atoms with van der Waals surface area (Å²) in [5.41, 5.74) is 2.12. The summed E-state index contributed by atoms with van der Waals surface area (Å²) in [4.78, 5) is 29.5. The fourth-order valence-electron chi connectivity index (χ4n) is 4.30. The van der Waals surface area contributed by atoms with Crippen molar-refractivity contribution in [3.8, 4) is 17.2 Å². The Bertz CT molecular complexity index is 1280. The Hall–Kier alpha value is -4.11. The molecule has 1 atom stereocenters. The highest BCUT2D eigenvalue weighted by Gasteiger charge is 2.30. The Morgan fingerprint density at radius 1 is 1.07 bits per heavy atom. The van der Waals surface area contributed by atoms with E-state index in [1.54, 1.807) is 50.1 Å². The Morgan fingerprint density at radius 3 is 2.45 bits per heavy atom. The van der Waals surface area contributed by atoms with Gasteiger partial charge in [-0.2, -0.15) is 0 Å². The highest BCUT2D eigenvalue weighted by atomic mass is 32.2. The van der Waals surface area contributed by atoms with Crippen LogP contribution in [0, 0.1) is 0 Å². The van der Waals surface area contributed by atoms with Gasteiger partial charge in [0.1, 0.15) is 29.9 Å². The maximum absolute atomic E-state index is 13.0. The van der Waals surface area contributed by atoms with Crippen LogP contribution in [0.2, 0.25) is 0 Å². The molecular weight excluding hydrogens is 528 g/mol. The first-order chi connectivity index (χ1) is 19.5. The lowest BCUT2D eigenvalue weighted by molar-refractivity contribution is -0.142. The van der Waals surface area contributed by atoms with E-state index in [0.29, 0.717) is 30.4 Å². The van der Waals surface area contributed by atoms with E-state index >= 15 is 0 Å². The molecule has 2 aromatic rings. The largest absolute Gasteiger partial charge is 0.497 e. The standard InChI is InChI=1S/C31H34N2O6S/c1-3-28(30(34)35)33(31(36)39-27-15-13-25(37-2)14-16-27)21-23-9-11-26(12-10-23)38-19-17-32-18-20-40-29(22-32)24-7-5-4-6-8-24/h4-5,7,9-16,18,20,22,28H,3,6,8,17,19,21H2,1-2H3,(H,34,35). The number of carboxylic acid groups (broad SMARTS) is 1. The molecule has 1 amide bonds. The molecule has 210 valence electrons. The molecule has 0 saturated heterocycles. The van der Waals surface area contributed by atoms with Crippen molar-refractivity contribution in [3.05, 3.63) is 101 Å². The zero-order valence-corrected chi connectivity index (χ0v) is 23.5. The lowest BCUT2D eigenvalue weighted by atomic mass is 10.1. The predicted molar refractivity (Wildman–Crippen MR) is 156 cm³/mol. The smallest absolute Gasteiger partial charge is 0.416 e. The van der Waals surface area contributed by atoms with Gasteiger partial charge in [0.05, 0.1) is 13.7 Å². The Balaban J connectivity index is 1.34. The normalized spacial score (nSPS) is 15.1. The van der Waals surface area contributed by atoms with Crippen molar-refractivity contribution in [3.63, 3.8) is 0 Å². The number of methoxy groups -OCH3 is 1. The second-order valence-corrected chi connectivity index (χ2v) is 10.2. The van der Waals surface area contributed by atoms with Crippen molar-refractivity contribution in [1.82, 2.24) is 9.80 Å². The van der Waals surface area contributed by atoms with Gasteiger partial charge in [0, 0.05) is 23.8 Å². The van der Waals surface area contributed by atoms with Crippen LogP contribution in [0.5, 0.6) is 17.2 Å². The minimum Gasteiger partial charge on any atom is -0.497 e. The number of benzene rings is 2. The molecule has 0 spiro atoms. The average molecular weight is 563 g/mol. The number of carboxylic acids is 1. The zero-order chi connectivity index (χ0) is 28.3. The monoisotopic (exact) mass is 562 g/mol. The van der Waals surface area contributed by atoms with Gasteiger partial charge in [0.15, 0.2) is 0 Å². The molecule has 1 heterocycles. The topological polar surface area (TPSA) is 88.5 Å². The Kier molecular flexibility index (Phi) is 10.3. The van der Waals surface area contributed by atoms with E-state index in [4.69, 9.17) is 14.2 Å². The molecule has 0 fully saturated rings. The van der Waals surface area contributed by atoms with Gasteiger partial charge in [0.2, 0.25) is 0 Å². The van der Waals surface area contributed by atoms with Gasteiger partial charge in [-0.1, -0.05) is 49.0 Å². The summed E-state index contributed by atoms with van der Waals surface area (Å²) in [6.07, 6.45) is 12.3. The van der Waals surface area contributed by atoms with Gasteiger partial charge >= 0.3 is 12.1 Å². The van der Waals surface area contributed by atoms with Crippen molar-refractivity contribution in [2.75, 3.05) is 20.3 Å². The van der Waals surface area contributed by atoms with Crippen LogP contribution in [0.3, 0.4) is 0 Å². The number of allylic oxidation sites excluding steroid dienone is 4. The van der Waals surface area contributed by atoms with Crippen molar-refractivity contribution >= 4 is 23.8 Å². The summed E-state index contributed by atoms with van der Waals surface area (Å²) < 4.78 is 16.6. The first kappa shape index (κ1) is 28.9. The van der Waals surface area contributed by atoms with E-state index < -0.39 is 18.1 Å². The molecule has 1 N–H and O–H groups in total. The summed E-state index contributed by atoms with van der Waals surface area (Å²) in [6, 6.07) is 12.8. The predicted octanol–water partition coefficient (Wildman–Crippen LogP) is 6.58. The Labute approximate surface area is 239 Å². The third-order valence-corrected chi connectivity index (χ3v) is 7.38. The molecule has 0 saturated carbocycles. The van der Waals surface area contributed by atoms with Gasteiger partial charge in [0.25, 0.3) is 0 Å². The molecule has 0 aromatic heterocycles. The molecule has 1 aliphatic heterocycles. The summed E-state index contributed by atoms with van der Waals surface area (Å²) in [5.74, 6) is 0.531. The van der Waals surface area contributed by atoms with Gasteiger partial charge in [-0.25, -0.2) is 9.59 Å². The SMILES string of the molecule is CCC(C(=O)O)N(Cc1ccc(OCCN2C=CSC(C3=CC=CCC3)=C2)cc1)C(=O)Oc1ccc(OC)cc1. The van der Waals surface area contributed by atoms with Crippen molar-refractivity contribution in [1.29, 1.82) is 0 Å². The van der Waals surface area contributed by atoms with Crippen LogP contribution < -0.4 is 14.2 Å². The third kappa shape index (κ3) is 7.95. The highest BCUT2D eigenvalue weighted by Crippen LogP contribution is 2.33. The second-order valence-electron chi connectivity index (χ2n) is 9.22. The number of rotatable bonds is 12. The average Bonchev–Trinajstić information content (AvgIpc) is 2.98. The summed E-state index contributed by atoms with van der Waals surface area (Å²) in [6.45, 7) is 3.00. The molecule has 0 radical (unpaired) electrons. The van der Waals surface area contributed by atoms with E-state index in [1.807, 2.05) is 30.5 Å². The van der Waals surface area contributed by atoms with Crippen LogP contribution in [-0.2, 0) is 11.3 Å². The fourth-order valence-corrected chi connectivity index (χ4v) is 5.18. The molecule has 1 unspecified atom stereocenters. The number of carbonyl (C=O) groups excluding carboxylic acids is 1. The van der Waals surface area contributed by atoms with Gasteiger partial charge in [-0.3, -0.25) is 4.90 Å². The minimum atomic E-state index is -1.09. The van der Waals surface area contributed by atoms with Gasteiger partial charge in [-0.15, -0.1) is 0 Å². The quantitative estimate of drug-likeness (QED) is 0.311. The van der Waals surface area contributed by atoms with E-state index in [2.05, 4.69) is 34.7 Å². The molecule has 1 aliphatic carbocycles. The summed E-state index contributed by atoms with van der Waals surface area (Å²) in [7, 11) is 1.55. The number of hydrogen-bond donors (Lipinski definition) is 1. The number of amides is 1.